The van der Waals surface area contributed by atoms with Crippen LogP contribution in [0.4, 0.5) is 0 Å². The first-order chi connectivity index (χ1) is 10.1. The highest BCUT2D eigenvalue weighted by atomic mass is 79.9. The van der Waals surface area contributed by atoms with E-state index in [2.05, 4.69) is 33.2 Å². The maximum atomic E-state index is 5.94. The van der Waals surface area contributed by atoms with Crippen LogP contribution in [-0.4, -0.2) is 43.2 Å². The predicted molar refractivity (Wildman–Crippen MR) is 97.5 cm³/mol. The highest BCUT2D eigenvalue weighted by Gasteiger charge is 2.34. The van der Waals surface area contributed by atoms with Gasteiger partial charge in [0.2, 0.25) is 0 Å². The number of hydrogen-bond donors (Lipinski definition) is 1. The molecule has 0 aliphatic carbocycles. The molecule has 2 aliphatic rings. The summed E-state index contributed by atoms with van der Waals surface area (Å²) < 4.78 is 6.77. The van der Waals surface area contributed by atoms with E-state index >= 15 is 0 Å². The van der Waals surface area contributed by atoms with Gasteiger partial charge in [0, 0.05) is 29.7 Å². The van der Waals surface area contributed by atoms with Gasteiger partial charge >= 0.3 is 0 Å². The molecule has 2 atom stereocenters. The molecule has 1 aromatic carbocycles. The zero-order valence-corrected chi connectivity index (χ0v) is 15.9. The monoisotopic (exact) mass is 408 g/mol. The molecule has 6 heteroatoms. The Morgan fingerprint density at radius 1 is 1.32 bits per heavy atom. The van der Waals surface area contributed by atoms with E-state index in [0.29, 0.717) is 12.6 Å². The number of benzene rings is 1. The van der Waals surface area contributed by atoms with E-state index in [4.69, 9.17) is 16.3 Å². The van der Waals surface area contributed by atoms with Gasteiger partial charge in [0.25, 0.3) is 0 Å². The number of hydrogen-bond acceptors (Lipinski definition) is 3. The third-order valence-electron chi connectivity index (χ3n) is 4.67. The van der Waals surface area contributed by atoms with E-state index in [1.165, 1.54) is 25.7 Å². The zero-order valence-electron chi connectivity index (χ0n) is 12.7. The number of piperidine rings is 1. The van der Waals surface area contributed by atoms with Crippen molar-refractivity contribution in [1.82, 2.24) is 10.2 Å². The van der Waals surface area contributed by atoms with Crippen molar-refractivity contribution >= 4 is 39.9 Å². The Bertz CT molecular complexity index is 491. The highest BCUT2D eigenvalue weighted by Crippen LogP contribution is 2.30. The molecule has 22 heavy (non-hydrogen) atoms. The van der Waals surface area contributed by atoms with E-state index in [1.807, 2.05) is 18.2 Å². The maximum Gasteiger partial charge on any atom is 0.133 e. The summed E-state index contributed by atoms with van der Waals surface area (Å²) in [4.78, 5) is 2.45. The molecular formula is C16H23BrCl2N2O. The summed E-state index contributed by atoms with van der Waals surface area (Å²) in [5, 5.41) is 4.41. The average Bonchev–Trinajstić information content (AvgIpc) is 2.79. The Kier molecular flexibility index (Phi) is 6.84. The van der Waals surface area contributed by atoms with E-state index < -0.39 is 0 Å². The molecule has 2 heterocycles. The fourth-order valence-corrected chi connectivity index (χ4v) is 4.26. The molecule has 0 spiro atoms. The highest BCUT2D eigenvalue weighted by molar-refractivity contribution is 9.10. The van der Waals surface area contributed by atoms with Gasteiger partial charge in [-0.1, -0.05) is 11.6 Å². The van der Waals surface area contributed by atoms with Crippen LogP contribution in [-0.2, 0) is 0 Å². The van der Waals surface area contributed by atoms with Gasteiger partial charge in [0.1, 0.15) is 12.4 Å². The van der Waals surface area contributed by atoms with Gasteiger partial charge in [-0.2, -0.15) is 0 Å². The molecule has 2 aliphatic heterocycles. The number of halogens is 3. The second-order valence-electron chi connectivity index (χ2n) is 6.17. The Hall–Kier alpha value is -0.000000000000000111. The lowest BCUT2D eigenvalue weighted by Gasteiger charge is -2.35. The largest absolute Gasteiger partial charge is 0.491 e. The molecule has 2 unspecified atom stereocenters. The lowest BCUT2D eigenvalue weighted by atomic mass is 9.99. The average molecular weight is 410 g/mol. The molecule has 0 radical (unpaired) electrons. The fraction of sp³-hybridized carbons (Fsp3) is 0.625. The minimum atomic E-state index is 0. The van der Waals surface area contributed by atoms with Crippen LogP contribution in [0.1, 0.15) is 25.7 Å². The van der Waals surface area contributed by atoms with E-state index in [9.17, 15) is 0 Å². The van der Waals surface area contributed by atoms with Crippen LogP contribution in [0.3, 0.4) is 0 Å². The summed E-state index contributed by atoms with van der Waals surface area (Å²) in [5.41, 5.74) is 0. The zero-order chi connectivity index (χ0) is 14.8. The van der Waals surface area contributed by atoms with Crippen LogP contribution in [0.5, 0.6) is 5.75 Å². The molecule has 124 valence electrons. The Morgan fingerprint density at radius 2 is 2.00 bits per heavy atom. The van der Waals surface area contributed by atoms with Crippen molar-refractivity contribution in [1.29, 1.82) is 0 Å². The number of fused-ring (bicyclic) bond motifs is 2. The van der Waals surface area contributed by atoms with E-state index in [1.54, 1.807) is 0 Å². The SMILES string of the molecule is CN(CCOc1ccc(Cl)cc1Br)C1CC2CCC(C1)N2.Cl. The topological polar surface area (TPSA) is 24.5 Å². The third-order valence-corrected chi connectivity index (χ3v) is 5.52. The van der Waals surface area contributed by atoms with Crippen molar-refractivity contribution in [2.24, 2.45) is 0 Å². The van der Waals surface area contributed by atoms with Crippen LogP contribution >= 0.6 is 39.9 Å². The minimum Gasteiger partial charge on any atom is -0.491 e. The van der Waals surface area contributed by atoms with Crippen molar-refractivity contribution in [3.63, 3.8) is 0 Å². The van der Waals surface area contributed by atoms with Crippen molar-refractivity contribution in [3.05, 3.63) is 27.7 Å². The van der Waals surface area contributed by atoms with Gasteiger partial charge in [-0.3, -0.25) is 4.90 Å². The van der Waals surface area contributed by atoms with Crippen LogP contribution in [0.25, 0.3) is 0 Å². The Balaban J connectivity index is 0.00000176. The second-order valence-corrected chi connectivity index (χ2v) is 7.46. The first kappa shape index (κ1) is 18.3. The number of nitrogens with zero attached hydrogens (tertiary/aromatic N) is 1. The standard InChI is InChI=1S/C16H22BrClN2O.ClH/c1-20(14-9-12-3-4-13(10-14)19-12)6-7-21-16-5-2-11(18)8-15(16)17;/h2,5,8,12-14,19H,3-4,6-7,9-10H2,1H3;1H. The quantitative estimate of drug-likeness (QED) is 0.791. The second kappa shape index (κ2) is 8.20. The Labute approximate surface area is 152 Å². The predicted octanol–water partition coefficient (Wildman–Crippen LogP) is 4.12. The molecule has 3 nitrogen and oxygen atoms in total. The fourth-order valence-electron chi connectivity index (χ4n) is 3.46. The number of nitrogens with one attached hydrogen (secondary N) is 1. The Morgan fingerprint density at radius 3 is 2.64 bits per heavy atom. The first-order valence-electron chi connectivity index (χ1n) is 7.66. The van der Waals surface area contributed by atoms with Gasteiger partial charge in [-0.15, -0.1) is 12.4 Å². The summed E-state index contributed by atoms with van der Waals surface area (Å²) in [7, 11) is 2.22. The lowest BCUT2D eigenvalue weighted by molar-refractivity contribution is 0.147. The van der Waals surface area contributed by atoms with Crippen molar-refractivity contribution in [2.45, 2.75) is 43.8 Å². The molecular weight excluding hydrogens is 387 g/mol. The van der Waals surface area contributed by atoms with Crippen molar-refractivity contribution < 1.29 is 4.74 Å². The van der Waals surface area contributed by atoms with Crippen LogP contribution in [0.15, 0.2) is 22.7 Å². The normalized spacial score (nSPS) is 26.8. The van der Waals surface area contributed by atoms with Crippen LogP contribution in [0, 0.1) is 0 Å². The molecule has 0 amide bonds. The van der Waals surface area contributed by atoms with Gasteiger partial charge in [-0.05, 0) is 66.9 Å². The minimum absolute atomic E-state index is 0. The number of ether oxygens (including phenoxy) is 1. The van der Waals surface area contributed by atoms with Crippen LogP contribution in [0.2, 0.25) is 5.02 Å². The molecule has 1 N–H and O–H groups in total. The van der Waals surface area contributed by atoms with Gasteiger partial charge in [-0.25, -0.2) is 0 Å². The smallest absolute Gasteiger partial charge is 0.133 e. The van der Waals surface area contributed by atoms with Crippen molar-refractivity contribution in [3.8, 4) is 5.75 Å². The molecule has 2 saturated heterocycles. The summed E-state index contributed by atoms with van der Waals surface area (Å²) in [6.07, 6.45) is 5.25. The molecule has 2 fully saturated rings. The summed E-state index contributed by atoms with van der Waals surface area (Å²) >= 11 is 9.42. The van der Waals surface area contributed by atoms with E-state index in [-0.39, 0.29) is 12.4 Å². The number of rotatable bonds is 5. The molecule has 0 saturated carbocycles. The summed E-state index contributed by atoms with van der Waals surface area (Å²) in [6.45, 7) is 1.66. The van der Waals surface area contributed by atoms with Gasteiger partial charge in [0.05, 0.1) is 4.47 Å². The molecule has 3 rings (SSSR count). The van der Waals surface area contributed by atoms with Gasteiger partial charge in [0.15, 0.2) is 0 Å². The molecule has 1 aromatic rings. The van der Waals surface area contributed by atoms with Gasteiger partial charge < -0.3 is 10.1 Å². The lowest BCUT2D eigenvalue weighted by Crippen LogP contribution is -2.47. The van der Waals surface area contributed by atoms with Crippen molar-refractivity contribution in [2.75, 3.05) is 20.2 Å². The number of likely N-dealkylation sites (N-methyl/N-ethyl adjacent to an activating group) is 1. The molecule has 2 bridgehead atoms. The first-order valence-corrected chi connectivity index (χ1v) is 8.83. The molecule has 0 aromatic heterocycles. The maximum absolute atomic E-state index is 5.94. The van der Waals surface area contributed by atoms with E-state index in [0.717, 1.165) is 33.9 Å². The summed E-state index contributed by atoms with van der Waals surface area (Å²) in [6, 6.07) is 7.81. The summed E-state index contributed by atoms with van der Waals surface area (Å²) in [5.74, 6) is 0.859. The third kappa shape index (κ3) is 4.51. The van der Waals surface area contributed by atoms with Crippen LogP contribution < -0.4 is 10.1 Å².